The normalized spacial score (nSPS) is 11.7. The number of hydrogen-bond acceptors (Lipinski definition) is 4. The van der Waals surface area contributed by atoms with Crippen molar-refractivity contribution in [3.05, 3.63) is 28.8 Å². The molecule has 1 rings (SSSR count). The van der Waals surface area contributed by atoms with Crippen LogP contribution < -0.4 is 4.72 Å². The van der Waals surface area contributed by atoms with E-state index >= 15 is 0 Å². The maximum Gasteiger partial charge on any atom is 0.337 e. The van der Waals surface area contributed by atoms with E-state index in [0.717, 1.165) is 0 Å². The minimum absolute atomic E-state index is 0.0658. The fourth-order valence-corrected chi connectivity index (χ4v) is 3.62. The predicted molar refractivity (Wildman–Crippen MR) is 77.5 cm³/mol. The molecule has 1 N–H and O–H groups in total. The van der Waals surface area contributed by atoms with Crippen LogP contribution in [0.3, 0.4) is 0 Å². The van der Waals surface area contributed by atoms with Crippen molar-refractivity contribution < 1.29 is 17.9 Å². The zero-order valence-corrected chi connectivity index (χ0v) is 13.2. The lowest BCUT2D eigenvalue weighted by Gasteiger charge is -2.16. The number of methoxy groups -OCH3 is 1. The Kier molecular flexibility index (Phi) is 5.98. The summed E-state index contributed by atoms with van der Waals surface area (Å²) in [5.41, 5.74) is 0.141. The Morgan fingerprint density at radius 2 is 1.95 bits per heavy atom. The highest BCUT2D eigenvalue weighted by atomic mass is 35.5. The summed E-state index contributed by atoms with van der Waals surface area (Å²) in [7, 11) is -2.54. The van der Waals surface area contributed by atoms with Gasteiger partial charge in [0.2, 0.25) is 10.0 Å². The van der Waals surface area contributed by atoms with Gasteiger partial charge < -0.3 is 4.74 Å². The number of ether oxygens (including phenoxy) is 1. The third-order valence-corrected chi connectivity index (χ3v) is 4.95. The molecular formula is C13H18ClNO4S. The molecule has 20 heavy (non-hydrogen) atoms. The Morgan fingerprint density at radius 3 is 2.45 bits per heavy atom. The molecule has 0 aliphatic rings. The van der Waals surface area contributed by atoms with Crippen LogP contribution in [0.4, 0.5) is 0 Å². The largest absolute Gasteiger partial charge is 0.465 e. The highest BCUT2D eigenvalue weighted by Crippen LogP contribution is 2.23. The van der Waals surface area contributed by atoms with Gasteiger partial charge in [-0.2, -0.15) is 0 Å². The topological polar surface area (TPSA) is 72.5 Å². The number of esters is 1. The number of rotatable bonds is 6. The van der Waals surface area contributed by atoms with Gasteiger partial charge in [0.05, 0.1) is 17.7 Å². The van der Waals surface area contributed by atoms with E-state index in [9.17, 15) is 13.2 Å². The predicted octanol–water partition coefficient (Wildman–Crippen LogP) is 2.59. The van der Waals surface area contributed by atoms with Crippen molar-refractivity contribution in [3.8, 4) is 0 Å². The van der Waals surface area contributed by atoms with E-state index < -0.39 is 16.0 Å². The number of nitrogens with one attached hydrogen (secondary N) is 1. The van der Waals surface area contributed by atoms with Crippen LogP contribution in [-0.2, 0) is 14.8 Å². The van der Waals surface area contributed by atoms with E-state index in [4.69, 9.17) is 11.6 Å². The van der Waals surface area contributed by atoms with Crippen LogP contribution in [0.5, 0.6) is 0 Å². The van der Waals surface area contributed by atoms with Gasteiger partial charge in [0.25, 0.3) is 0 Å². The molecule has 0 bridgehead atoms. The molecule has 0 aliphatic carbocycles. The first-order valence-electron chi connectivity index (χ1n) is 6.25. The lowest BCUT2D eigenvalue weighted by molar-refractivity contribution is 0.0600. The molecule has 0 fully saturated rings. The summed E-state index contributed by atoms with van der Waals surface area (Å²) in [6, 6.07) is 3.84. The van der Waals surface area contributed by atoms with E-state index in [-0.39, 0.29) is 21.5 Å². The number of carbonyl (C=O) groups is 1. The van der Waals surface area contributed by atoms with Crippen molar-refractivity contribution in [3.63, 3.8) is 0 Å². The van der Waals surface area contributed by atoms with Crippen LogP contribution >= 0.6 is 11.6 Å². The summed E-state index contributed by atoms with van der Waals surface area (Å²) in [5.74, 6) is -0.611. The SMILES string of the molecule is CCC(CC)NS(=O)(=O)c1cc(C(=O)OC)ccc1Cl. The van der Waals surface area contributed by atoms with Crippen LogP contribution in [0.2, 0.25) is 5.02 Å². The summed E-state index contributed by atoms with van der Waals surface area (Å²) in [5, 5.41) is 0.0658. The summed E-state index contributed by atoms with van der Waals surface area (Å²) in [6.07, 6.45) is 1.34. The second-order valence-corrected chi connectivity index (χ2v) is 6.36. The molecular weight excluding hydrogens is 302 g/mol. The summed E-state index contributed by atoms with van der Waals surface area (Å²) in [4.78, 5) is 11.3. The third kappa shape index (κ3) is 3.94. The summed E-state index contributed by atoms with van der Waals surface area (Å²) >= 11 is 5.93. The average Bonchev–Trinajstić information content (AvgIpc) is 2.44. The zero-order chi connectivity index (χ0) is 15.3. The molecule has 0 radical (unpaired) electrons. The van der Waals surface area contributed by atoms with E-state index in [1.165, 1.54) is 25.3 Å². The molecule has 0 saturated heterocycles. The minimum atomic E-state index is -3.77. The van der Waals surface area contributed by atoms with Gasteiger partial charge in [-0.15, -0.1) is 0 Å². The van der Waals surface area contributed by atoms with E-state index in [1.54, 1.807) is 0 Å². The molecule has 0 amide bonds. The van der Waals surface area contributed by atoms with Gasteiger partial charge in [-0.05, 0) is 31.0 Å². The van der Waals surface area contributed by atoms with Gasteiger partial charge in [0.1, 0.15) is 4.90 Å². The average molecular weight is 320 g/mol. The van der Waals surface area contributed by atoms with Crippen molar-refractivity contribution >= 4 is 27.6 Å². The molecule has 1 aromatic rings. The first-order chi connectivity index (χ1) is 9.35. The van der Waals surface area contributed by atoms with Gasteiger partial charge >= 0.3 is 5.97 Å². The van der Waals surface area contributed by atoms with E-state index in [1.807, 2.05) is 13.8 Å². The molecule has 7 heteroatoms. The number of sulfonamides is 1. The maximum atomic E-state index is 12.3. The summed E-state index contributed by atoms with van der Waals surface area (Å²) in [6.45, 7) is 3.78. The Bertz CT molecular complexity index is 582. The van der Waals surface area contributed by atoms with Crippen LogP contribution in [0.1, 0.15) is 37.0 Å². The number of halogens is 1. The van der Waals surface area contributed by atoms with Crippen LogP contribution in [0, 0.1) is 0 Å². The molecule has 0 saturated carbocycles. The molecule has 0 atom stereocenters. The van der Waals surface area contributed by atoms with Crippen molar-refractivity contribution in [2.45, 2.75) is 37.6 Å². The molecule has 0 aliphatic heterocycles. The fourth-order valence-electron chi connectivity index (χ4n) is 1.69. The number of carbonyl (C=O) groups excluding carboxylic acids is 1. The second kappa shape index (κ2) is 7.06. The summed E-state index contributed by atoms with van der Waals surface area (Å²) < 4.78 is 31.7. The number of hydrogen-bond donors (Lipinski definition) is 1. The van der Waals surface area contributed by atoms with Crippen LogP contribution in [0.15, 0.2) is 23.1 Å². The Hall–Kier alpha value is -1.11. The van der Waals surface area contributed by atoms with E-state index in [2.05, 4.69) is 9.46 Å². The smallest absolute Gasteiger partial charge is 0.337 e. The van der Waals surface area contributed by atoms with Gasteiger partial charge in [-0.25, -0.2) is 17.9 Å². The highest BCUT2D eigenvalue weighted by molar-refractivity contribution is 7.89. The molecule has 112 valence electrons. The van der Waals surface area contributed by atoms with Crippen molar-refractivity contribution in [1.29, 1.82) is 0 Å². The van der Waals surface area contributed by atoms with Crippen molar-refractivity contribution in [2.75, 3.05) is 7.11 Å². The van der Waals surface area contributed by atoms with Crippen molar-refractivity contribution in [1.82, 2.24) is 4.72 Å². The standard InChI is InChI=1S/C13H18ClNO4S/c1-4-10(5-2)15-20(17,18)12-8-9(13(16)19-3)6-7-11(12)14/h6-8,10,15H,4-5H2,1-3H3. The third-order valence-electron chi connectivity index (χ3n) is 2.95. The monoisotopic (exact) mass is 319 g/mol. The first-order valence-corrected chi connectivity index (χ1v) is 8.12. The molecule has 5 nitrogen and oxygen atoms in total. The van der Waals surface area contributed by atoms with Crippen LogP contribution in [-0.4, -0.2) is 27.5 Å². The molecule has 0 unspecified atom stereocenters. The van der Waals surface area contributed by atoms with Gasteiger partial charge in [-0.3, -0.25) is 0 Å². The number of benzene rings is 1. The fraction of sp³-hybridized carbons (Fsp3) is 0.462. The van der Waals surface area contributed by atoms with E-state index in [0.29, 0.717) is 12.8 Å². The van der Waals surface area contributed by atoms with Gasteiger partial charge in [-0.1, -0.05) is 25.4 Å². The lowest BCUT2D eigenvalue weighted by Crippen LogP contribution is -2.34. The second-order valence-electron chi connectivity index (χ2n) is 4.27. The van der Waals surface area contributed by atoms with Crippen molar-refractivity contribution in [2.24, 2.45) is 0 Å². The molecule has 0 spiro atoms. The lowest BCUT2D eigenvalue weighted by atomic mass is 10.2. The highest BCUT2D eigenvalue weighted by Gasteiger charge is 2.22. The minimum Gasteiger partial charge on any atom is -0.465 e. The van der Waals surface area contributed by atoms with Gasteiger partial charge in [0.15, 0.2) is 0 Å². The molecule has 1 aromatic carbocycles. The Morgan fingerprint density at radius 1 is 1.35 bits per heavy atom. The first kappa shape index (κ1) is 16.9. The Balaban J connectivity index is 3.20. The Labute approximate surface area is 124 Å². The zero-order valence-electron chi connectivity index (χ0n) is 11.6. The maximum absolute atomic E-state index is 12.3. The van der Waals surface area contributed by atoms with Crippen LogP contribution in [0.25, 0.3) is 0 Å². The quantitative estimate of drug-likeness (QED) is 0.818. The molecule has 0 aromatic heterocycles. The molecule has 0 heterocycles. The van der Waals surface area contributed by atoms with Gasteiger partial charge in [0, 0.05) is 6.04 Å².